The van der Waals surface area contributed by atoms with Crippen molar-refractivity contribution < 1.29 is 4.79 Å². The van der Waals surface area contributed by atoms with Crippen LogP contribution in [0.2, 0.25) is 0 Å². The molecule has 0 spiro atoms. The van der Waals surface area contributed by atoms with Gasteiger partial charge in [0.25, 0.3) is 0 Å². The molecule has 0 bridgehead atoms. The van der Waals surface area contributed by atoms with Gasteiger partial charge in [-0.1, -0.05) is 13.8 Å². The molecule has 1 aromatic heterocycles. The minimum absolute atomic E-state index is 0.0301. The van der Waals surface area contributed by atoms with Gasteiger partial charge in [0.05, 0.1) is 5.56 Å². The number of hydrogen-bond donors (Lipinski definition) is 1. The van der Waals surface area contributed by atoms with Gasteiger partial charge in [0.15, 0.2) is 0 Å². The molecule has 1 amide bonds. The van der Waals surface area contributed by atoms with Crippen molar-refractivity contribution in [2.24, 2.45) is 0 Å². The molecule has 0 unspecified atom stereocenters. The van der Waals surface area contributed by atoms with E-state index in [1.165, 1.54) is 4.88 Å². The molecule has 0 saturated carbocycles. The lowest BCUT2D eigenvalue weighted by Crippen LogP contribution is -2.29. The van der Waals surface area contributed by atoms with Gasteiger partial charge >= 0.3 is 0 Å². The molecule has 1 N–H and O–H groups in total. The zero-order valence-electron chi connectivity index (χ0n) is 10.7. The number of rotatable bonds is 3. The van der Waals surface area contributed by atoms with Crippen molar-refractivity contribution in [3.05, 3.63) is 16.0 Å². The summed E-state index contributed by atoms with van der Waals surface area (Å²) in [7, 11) is 0. The zero-order valence-corrected chi connectivity index (χ0v) is 11.6. The quantitative estimate of drug-likeness (QED) is 0.910. The second kappa shape index (κ2) is 5.51. The van der Waals surface area contributed by atoms with E-state index < -0.39 is 0 Å². The van der Waals surface area contributed by atoms with Gasteiger partial charge < -0.3 is 5.32 Å². The van der Waals surface area contributed by atoms with Crippen LogP contribution < -0.4 is 5.32 Å². The van der Waals surface area contributed by atoms with Gasteiger partial charge in [0.2, 0.25) is 5.91 Å². The van der Waals surface area contributed by atoms with Crippen LogP contribution in [0.15, 0.2) is 0 Å². The van der Waals surface area contributed by atoms with Gasteiger partial charge in [-0.2, -0.15) is 5.26 Å². The number of fused-ring (bicyclic) bond motifs is 1. The number of hydrogen-bond acceptors (Lipinski definition) is 4. The van der Waals surface area contributed by atoms with E-state index in [1.807, 2.05) is 6.92 Å². The number of amides is 1. The Labute approximate surface area is 111 Å². The van der Waals surface area contributed by atoms with E-state index in [1.54, 1.807) is 11.3 Å². The summed E-state index contributed by atoms with van der Waals surface area (Å²) in [6, 6.07) is 2.24. The van der Waals surface area contributed by atoms with E-state index in [-0.39, 0.29) is 5.91 Å². The topological polar surface area (TPSA) is 56.1 Å². The third-order valence-corrected chi connectivity index (χ3v) is 4.40. The van der Waals surface area contributed by atoms with Crippen LogP contribution in [-0.2, 0) is 17.8 Å². The Balaban J connectivity index is 2.31. The Hall–Kier alpha value is -1.38. The predicted molar refractivity (Wildman–Crippen MR) is 72.6 cm³/mol. The van der Waals surface area contributed by atoms with Gasteiger partial charge in [-0.05, 0) is 18.5 Å². The summed E-state index contributed by atoms with van der Waals surface area (Å²) in [5.74, 6) is -0.0301. The normalized spacial score (nSPS) is 14.9. The van der Waals surface area contributed by atoms with Crippen molar-refractivity contribution in [1.82, 2.24) is 4.90 Å². The first-order chi connectivity index (χ1) is 8.69. The SMILES string of the molecule is CCC(=O)Nc1sc2c(c1C#N)CCN(CC)C2. The van der Waals surface area contributed by atoms with Crippen molar-refractivity contribution in [3.63, 3.8) is 0 Å². The second-order valence-corrected chi connectivity index (χ2v) is 5.45. The Morgan fingerprint density at radius 3 is 2.94 bits per heavy atom. The van der Waals surface area contributed by atoms with Crippen LogP contribution in [0.5, 0.6) is 0 Å². The van der Waals surface area contributed by atoms with Crippen molar-refractivity contribution in [3.8, 4) is 6.07 Å². The molecule has 4 nitrogen and oxygen atoms in total. The number of nitrogens with one attached hydrogen (secondary N) is 1. The molecule has 0 saturated heterocycles. The average molecular weight is 263 g/mol. The van der Waals surface area contributed by atoms with Crippen LogP contribution in [-0.4, -0.2) is 23.9 Å². The third kappa shape index (κ3) is 2.40. The molecule has 5 heteroatoms. The summed E-state index contributed by atoms with van der Waals surface area (Å²) in [6.45, 7) is 6.87. The highest BCUT2D eigenvalue weighted by molar-refractivity contribution is 7.16. The van der Waals surface area contributed by atoms with Crippen molar-refractivity contribution in [2.75, 3.05) is 18.4 Å². The van der Waals surface area contributed by atoms with Gasteiger partial charge in [-0.15, -0.1) is 11.3 Å². The maximum atomic E-state index is 11.5. The van der Waals surface area contributed by atoms with Gasteiger partial charge in [0, 0.05) is 24.4 Å². The molecule has 18 heavy (non-hydrogen) atoms. The maximum Gasteiger partial charge on any atom is 0.224 e. The Morgan fingerprint density at radius 2 is 2.33 bits per heavy atom. The monoisotopic (exact) mass is 263 g/mol. The predicted octanol–water partition coefficient (Wildman–Crippen LogP) is 2.35. The molecule has 96 valence electrons. The standard InChI is InChI=1S/C13H17N3OS/c1-3-12(17)15-13-10(7-14)9-5-6-16(4-2)8-11(9)18-13/h3-6,8H2,1-2H3,(H,15,17). The fourth-order valence-electron chi connectivity index (χ4n) is 2.15. The molecule has 1 aromatic rings. The molecule has 1 aliphatic rings. The molecular formula is C13H17N3OS. The lowest BCUT2D eigenvalue weighted by molar-refractivity contribution is -0.115. The second-order valence-electron chi connectivity index (χ2n) is 4.34. The molecule has 0 fully saturated rings. The number of anilines is 1. The fourth-order valence-corrected chi connectivity index (χ4v) is 3.40. The summed E-state index contributed by atoms with van der Waals surface area (Å²) in [5, 5.41) is 12.8. The summed E-state index contributed by atoms with van der Waals surface area (Å²) in [6.07, 6.45) is 1.35. The summed E-state index contributed by atoms with van der Waals surface area (Å²) in [5.41, 5.74) is 1.81. The molecule has 0 atom stereocenters. The van der Waals surface area contributed by atoms with E-state index in [4.69, 9.17) is 0 Å². The van der Waals surface area contributed by atoms with Gasteiger partial charge in [0.1, 0.15) is 11.1 Å². The van der Waals surface area contributed by atoms with Crippen LogP contribution in [0.4, 0.5) is 5.00 Å². The van der Waals surface area contributed by atoms with E-state index in [0.717, 1.165) is 36.6 Å². The smallest absolute Gasteiger partial charge is 0.224 e. The van der Waals surface area contributed by atoms with Crippen molar-refractivity contribution in [1.29, 1.82) is 5.26 Å². The minimum Gasteiger partial charge on any atom is -0.317 e. The van der Waals surface area contributed by atoms with E-state index in [9.17, 15) is 10.1 Å². The number of carbonyl (C=O) groups is 1. The average Bonchev–Trinajstić information content (AvgIpc) is 2.74. The third-order valence-electron chi connectivity index (χ3n) is 3.27. The number of likely N-dealkylation sites (N-methyl/N-ethyl adjacent to an activating group) is 1. The summed E-state index contributed by atoms with van der Waals surface area (Å²) >= 11 is 1.55. The lowest BCUT2D eigenvalue weighted by Gasteiger charge is -2.24. The first-order valence-electron chi connectivity index (χ1n) is 6.26. The summed E-state index contributed by atoms with van der Waals surface area (Å²) < 4.78 is 0. The number of carbonyl (C=O) groups excluding carboxylic acids is 1. The summed E-state index contributed by atoms with van der Waals surface area (Å²) in [4.78, 5) is 15.0. The Kier molecular flexibility index (Phi) is 4.00. The highest BCUT2D eigenvalue weighted by atomic mass is 32.1. The first-order valence-corrected chi connectivity index (χ1v) is 7.08. The van der Waals surface area contributed by atoms with Crippen LogP contribution in [0.1, 0.15) is 36.3 Å². The lowest BCUT2D eigenvalue weighted by atomic mass is 10.0. The highest BCUT2D eigenvalue weighted by Gasteiger charge is 2.24. The number of thiophene rings is 1. The van der Waals surface area contributed by atoms with E-state index in [0.29, 0.717) is 12.0 Å². The largest absolute Gasteiger partial charge is 0.317 e. The molecule has 2 heterocycles. The van der Waals surface area contributed by atoms with Crippen LogP contribution in [0.3, 0.4) is 0 Å². The fraction of sp³-hybridized carbons (Fsp3) is 0.538. The number of nitriles is 1. The van der Waals surface area contributed by atoms with Crippen LogP contribution in [0.25, 0.3) is 0 Å². The molecule has 1 aliphatic heterocycles. The molecule has 2 rings (SSSR count). The Bertz CT molecular complexity index is 501. The Morgan fingerprint density at radius 1 is 1.56 bits per heavy atom. The number of nitrogens with zero attached hydrogens (tertiary/aromatic N) is 2. The van der Waals surface area contributed by atoms with Crippen LogP contribution >= 0.6 is 11.3 Å². The molecule has 0 aromatic carbocycles. The first kappa shape index (κ1) is 13.1. The van der Waals surface area contributed by atoms with Gasteiger partial charge in [-0.3, -0.25) is 9.69 Å². The maximum absolute atomic E-state index is 11.5. The molecule has 0 aliphatic carbocycles. The molecule has 0 radical (unpaired) electrons. The molecular weight excluding hydrogens is 246 g/mol. The van der Waals surface area contributed by atoms with Gasteiger partial charge in [-0.25, -0.2) is 0 Å². The van der Waals surface area contributed by atoms with Crippen molar-refractivity contribution >= 4 is 22.2 Å². The van der Waals surface area contributed by atoms with E-state index in [2.05, 4.69) is 23.2 Å². The minimum atomic E-state index is -0.0301. The van der Waals surface area contributed by atoms with E-state index >= 15 is 0 Å². The van der Waals surface area contributed by atoms with Crippen LogP contribution in [0, 0.1) is 11.3 Å². The van der Waals surface area contributed by atoms with Crippen molar-refractivity contribution in [2.45, 2.75) is 33.2 Å². The highest BCUT2D eigenvalue weighted by Crippen LogP contribution is 2.36. The zero-order chi connectivity index (χ0) is 13.1.